The lowest BCUT2D eigenvalue weighted by molar-refractivity contribution is -0.141. The van der Waals surface area contributed by atoms with Crippen molar-refractivity contribution in [1.29, 1.82) is 0 Å². The van der Waals surface area contributed by atoms with E-state index in [2.05, 4.69) is 10.3 Å². The number of benzene rings is 3. The van der Waals surface area contributed by atoms with Crippen molar-refractivity contribution in [3.05, 3.63) is 132 Å². The Labute approximate surface area is 229 Å². The number of nitrogens with zero attached hydrogens (tertiary/aromatic N) is 2. The van der Waals surface area contributed by atoms with E-state index in [0.717, 1.165) is 41.0 Å². The predicted octanol–water partition coefficient (Wildman–Crippen LogP) is 5.49. The molecular weight excluding hydrogens is 486 g/mol. The van der Waals surface area contributed by atoms with Gasteiger partial charge < -0.3 is 15.0 Å². The number of ether oxygens (including phenoxy) is 1. The lowest BCUT2D eigenvalue weighted by atomic mass is 9.89. The highest BCUT2D eigenvalue weighted by molar-refractivity contribution is 5.92. The topological polar surface area (TPSA) is 71.5 Å². The summed E-state index contributed by atoms with van der Waals surface area (Å²) in [5.41, 5.74) is 3.60. The van der Waals surface area contributed by atoms with E-state index in [1.807, 2.05) is 103 Å². The van der Waals surface area contributed by atoms with Crippen molar-refractivity contribution >= 4 is 11.8 Å². The largest absolute Gasteiger partial charge is 0.487 e. The molecular formula is C33H33N3O3. The molecule has 0 radical (unpaired) electrons. The van der Waals surface area contributed by atoms with Gasteiger partial charge in [-0.1, -0.05) is 78.9 Å². The van der Waals surface area contributed by atoms with Crippen LogP contribution in [0.4, 0.5) is 0 Å². The van der Waals surface area contributed by atoms with Crippen molar-refractivity contribution < 1.29 is 14.3 Å². The highest BCUT2D eigenvalue weighted by Gasteiger charge is 2.35. The fraction of sp³-hybridized carbons (Fsp3) is 0.242. The maximum Gasteiger partial charge on any atom is 0.242 e. The summed E-state index contributed by atoms with van der Waals surface area (Å²) in [7, 11) is 0. The lowest BCUT2D eigenvalue weighted by Gasteiger charge is -2.33. The Bertz CT molecular complexity index is 1310. The van der Waals surface area contributed by atoms with E-state index in [4.69, 9.17) is 4.74 Å². The van der Waals surface area contributed by atoms with E-state index in [1.165, 1.54) is 0 Å². The summed E-state index contributed by atoms with van der Waals surface area (Å²) in [4.78, 5) is 33.7. The van der Waals surface area contributed by atoms with Gasteiger partial charge in [-0.05, 0) is 60.2 Å². The van der Waals surface area contributed by atoms with Crippen LogP contribution in [0, 0.1) is 0 Å². The van der Waals surface area contributed by atoms with Crippen molar-refractivity contribution in [3.63, 3.8) is 0 Å². The number of carbonyl (C=O) groups excluding carboxylic acids is 2. The summed E-state index contributed by atoms with van der Waals surface area (Å²) in [5.74, 6) is 0.0475. The molecule has 1 saturated heterocycles. The van der Waals surface area contributed by atoms with Crippen molar-refractivity contribution in [3.8, 4) is 5.75 Å². The van der Waals surface area contributed by atoms with Crippen LogP contribution in [0.1, 0.15) is 47.6 Å². The van der Waals surface area contributed by atoms with Gasteiger partial charge in [0.05, 0.1) is 11.6 Å². The van der Waals surface area contributed by atoms with Crippen LogP contribution in [0.2, 0.25) is 0 Å². The molecule has 1 aromatic heterocycles. The van der Waals surface area contributed by atoms with Gasteiger partial charge in [-0.25, -0.2) is 0 Å². The number of hydrogen-bond acceptors (Lipinski definition) is 4. The molecule has 0 saturated carbocycles. The van der Waals surface area contributed by atoms with Crippen LogP contribution in [0.15, 0.2) is 109 Å². The van der Waals surface area contributed by atoms with E-state index >= 15 is 0 Å². The molecule has 1 fully saturated rings. The van der Waals surface area contributed by atoms with Crippen LogP contribution >= 0.6 is 0 Å². The molecule has 2 heterocycles. The second kappa shape index (κ2) is 12.9. The zero-order valence-corrected chi connectivity index (χ0v) is 21.9. The molecule has 5 rings (SSSR count). The van der Waals surface area contributed by atoms with E-state index in [9.17, 15) is 9.59 Å². The van der Waals surface area contributed by atoms with Gasteiger partial charge in [-0.3, -0.25) is 14.6 Å². The smallest absolute Gasteiger partial charge is 0.242 e. The van der Waals surface area contributed by atoms with Crippen LogP contribution in [-0.2, 0) is 22.7 Å². The zero-order chi connectivity index (χ0) is 26.9. The first-order chi connectivity index (χ1) is 19.2. The molecule has 6 nitrogen and oxygen atoms in total. The standard InChI is InChI=1S/C33H33N3O3/c37-32-30(16-8-10-22-35-32)36(23-25-17-19-29(20-18-25)39-24-28-15-7-9-21-34-28)33(38)31(26-11-3-1-4-12-26)27-13-5-2-6-14-27/h1-7,9,11-15,17-21,30-31H,8,10,16,22-24H2,(H,35,37). The Morgan fingerprint density at radius 3 is 2.18 bits per heavy atom. The fourth-order valence-electron chi connectivity index (χ4n) is 5.03. The molecule has 1 aliphatic rings. The monoisotopic (exact) mass is 519 g/mol. The Kier molecular flexibility index (Phi) is 8.64. The SMILES string of the molecule is O=C1NCCCCC1N(Cc1ccc(OCc2ccccn2)cc1)C(=O)C(c1ccccc1)c1ccccc1. The highest BCUT2D eigenvalue weighted by atomic mass is 16.5. The van der Waals surface area contributed by atoms with Gasteiger partial charge in [0.25, 0.3) is 0 Å². The van der Waals surface area contributed by atoms with Crippen LogP contribution < -0.4 is 10.1 Å². The maximum atomic E-state index is 14.4. The number of nitrogens with one attached hydrogen (secondary N) is 1. The molecule has 0 spiro atoms. The van der Waals surface area contributed by atoms with Crippen molar-refractivity contribution in [2.45, 2.75) is 44.4 Å². The van der Waals surface area contributed by atoms with Gasteiger partial charge >= 0.3 is 0 Å². The first-order valence-electron chi connectivity index (χ1n) is 13.5. The number of pyridine rings is 1. The summed E-state index contributed by atoms with van der Waals surface area (Å²) in [6, 6.07) is 32.5. The minimum absolute atomic E-state index is 0.0788. The summed E-state index contributed by atoms with van der Waals surface area (Å²) in [5, 5.41) is 3.02. The van der Waals surface area contributed by atoms with Gasteiger partial charge in [-0.2, -0.15) is 0 Å². The molecule has 0 aliphatic carbocycles. The molecule has 1 aliphatic heterocycles. The quantitative estimate of drug-likeness (QED) is 0.317. The fourth-order valence-corrected chi connectivity index (χ4v) is 5.03. The van der Waals surface area contributed by atoms with Crippen LogP contribution in [0.3, 0.4) is 0 Å². The molecule has 6 heteroatoms. The van der Waals surface area contributed by atoms with Gasteiger partial charge in [-0.15, -0.1) is 0 Å². The first-order valence-corrected chi connectivity index (χ1v) is 13.5. The Hall–Kier alpha value is -4.45. The van der Waals surface area contributed by atoms with E-state index in [0.29, 0.717) is 26.1 Å². The van der Waals surface area contributed by atoms with E-state index in [-0.39, 0.29) is 11.8 Å². The minimum Gasteiger partial charge on any atom is -0.487 e. The van der Waals surface area contributed by atoms with Gasteiger partial charge in [0.1, 0.15) is 18.4 Å². The minimum atomic E-state index is -0.532. The third-order valence-electron chi connectivity index (χ3n) is 7.07. The van der Waals surface area contributed by atoms with Crippen molar-refractivity contribution in [1.82, 2.24) is 15.2 Å². The van der Waals surface area contributed by atoms with E-state index < -0.39 is 12.0 Å². The second-order valence-electron chi connectivity index (χ2n) is 9.78. The maximum absolute atomic E-state index is 14.4. The molecule has 1 atom stereocenters. The lowest BCUT2D eigenvalue weighted by Crippen LogP contribution is -2.49. The summed E-state index contributed by atoms with van der Waals surface area (Å²) < 4.78 is 5.90. The van der Waals surface area contributed by atoms with Crippen molar-refractivity contribution in [2.75, 3.05) is 6.54 Å². The normalized spacial score (nSPS) is 15.3. The number of amides is 2. The average Bonchev–Trinajstić information content (AvgIpc) is 3.21. The summed E-state index contributed by atoms with van der Waals surface area (Å²) in [6.07, 6.45) is 4.18. The number of carbonyl (C=O) groups is 2. The van der Waals surface area contributed by atoms with Crippen molar-refractivity contribution in [2.24, 2.45) is 0 Å². The molecule has 2 amide bonds. The Balaban J connectivity index is 1.42. The highest BCUT2D eigenvalue weighted by Crippen LogP contribution is 2.30. The van der Waals surface area contributed by atoms with Crippen LogP contribution in [0.5, 0.6) is 5.75 Å². The van der Waals surface area contributed by atoms with Gasteiger partial charge in [0.15, 0.2) is 0 Å². The molecule has 4 aromatic rings. The third kappa shape index (κ3) is 6.71. The number of rotatable bonds is 9. The Morgan fingerprint density at radius 2 is 1.54 bits per heavy atom. The van der Waals surface area contributed by atoms with Gasteiger partial charge in [0, 0.05) is 19.3 Å². The van der Waals surface area contributed by atoms with Gasteiger partial charge in [0.2, 0.25) is 11.8 Å². The predicted molar refractivity (Wildman–Crippen MR) is 151 cm³/mol. The van der Waals surface area contributed by atoms with Crippen LogP contribution in [0.25, 0.3) is 0 Å². The average molecular weight is 520 g/mol. The molecule has 1 unspecified atom stereocenters. The summed E-state index contributed by atoms with van der Waals surface area (Å²) in [6.45, 7) is 1.34. The Morgan fingerprint density at radius 1 is 0.872 bits per heavy atom. The molecule has 198 valence electrons. The second-order valence-corrected chi connectivity index (χ2v) is 9.78. The molecule has 3 aromatic carbocycles. The zero-order valence-electron chi connectivity index (χ0n) is 21.9. The summed E-state index contributed by atoms with van der Waals surface area (Å²) >= 11 is 0. The molecule has 39 heavy (non-hydrogen) atoms. The number of hydrogen-bond donors (Lipinski definition) is 1. The van der Waals surface area contributed by atoms with E-state index in [1.54, 1.807) is 11.1 Å². The molecule has 0 bridgehead atoms. The number of aromatic nitrogens is 1. The molecule has 1 N–H and O–H groups in total. The first kappa shape index (κ1) is 26.2. The van der Waals surface area contributed by atoms with Crippen LogP contribution in [-0.4, -0.2) is 34.3 Å². The third-order valence-corrected chi connectivity index (χ3v) is 7.07.